The highest BCUT2D eigenvalue weighted by molar-refractivity contribution is 7.26. The van der Waals surface area contributed by atoms with E-state index >= 15 is 0 Å². The summed E-state index contributed by atoms with van der Waals surface area (Å²) in [6, 6.07) is 62.0. The number of rotatable bonds is 3. The van der Waals surface area contributed by atoms with Crippen molar-refractivity contribution in [3.63, 3.8) is 0 Å². The smallest absolute Gasteiger partial charge is 0.257 e. The molecule has 0 bridgehead atoms. The van der Waals surface area contributed by atoms with Crippen LogP contribution in [0.15, 0.2) is 175 Å². The summed E-state index contributed by atoms with van der Waals surface area (Å²) in [7, 11) is 0. The molecule has 260 valence electrons. The molecule has 56 heavy (non-hydrogen) atoms. The van der Waals surface area contributed by atoms with E-state index in [4.69, 9.17) is 4.74 Å². The first-order chi connectivity index (χ1) is 27.8. The molecular formula is C48H29B2N3OS2. The number of fused-ring (bicyclic) bond motifs is 10. The second-order valence-corrected chi connectivity index (χ2v) is 16.8. The Bertz CT molecular complexity index is 3060. The summed E-state index contributed by atoms with van der Waals surface area (Å²) in [4.78, 5) is 7.40. The quantitative estimate of drug-likeness (QED) is 0.168. The van der Waals surface area contributed by atoms with Gasteiger partial charge in [0.25, 0.3) is 13.4 Å². The minimum absolute atomic E-state index is 0.00979. The predicted molar refractivity (Wildman–Crippen MR) is 240 cm³/mol. The van der Waals surface area contributed by atoms with Gasteiger partial charge < -0.3 is 19.4 Å². The maximum absolute atomic E-state index is 7.09. The van der Waals surface area contributed by atoms with E-state index in [1.54, 1.807) is 0 Å². The number of thiophene rings is 2. The van der Waals surface area contributed by atoms with Crippen molar-refractivity contribution in [2.45, 2.75) is 0 Å². The van der Waals surface area contributed by atoms with Gasteiger partial charge in [-0.05, 0) is 110 Å². The zero-order valence-corrected chi connectivity index (χ0v) is 31.6. The summed E-state index contributed by atoms with van der Waals surface area (Å²) < 4.78 is 8.39. The van der Waals surface area contributed by atoms with Gasteiger partial charge in [-0.2, -0.15) is 0 Å². The van der Waals surface area contributed by atoms with E-state index in [1.807, 2.05) is 22.7 Å². The zero-order valence-electron chi connectivity index (χ0n) is 30.0. The summed E-state index contributed by atoms with van der Waals surface area (Å²) >= 11 is 3.71. The van der Waals surface area contributed by atoms with E-state index in [0.29, 0.717) is 0 Å². The lowest BCUT2D eigenvalue weighted by Gasteiger charge is -2.44. The van der Waals surface area contributed by atoms with Crippen LogP contribution in [-0.2, 0) is 0 Å². The minimum atomic E-state index is 0.00979. The fourth-order valence-electron chi connectivity index (χ4n) is 9.81. The van der Waals surface area contributed by atoms with Crippen molar-refractivity contribution in [3.8, 4) is 11.5 Å². The highest BCUT2D eigenvalue weighted by Crippen LogP contribution is 2.49. The molecular weight excluding hydrogens is 720 g/mol. The summed E-state index contributed by atoms with van der Waals surface area (Å²) in [6.07, 6.45) is 0. The van der Waals surface area contributed by atoms with Crippen molar-refractivity contribution in [1.29, 1.82) is 0 Å². The molecule has 0 aliphatic carbocycles. The largest absolute Gasteiger partial charge is 0.458 e. The summed E-state index contributed by atoms with van der Waals surface area (Å²) in [5.74, 6) is 1.84. The van der Waals surface area contributed by atoms with Crippen LogP contribution in [0.3, 0.4) is 0 Å². The summed E-state index contributed by atoms with van der Waals surface area (Å²) in [5.41, 5.74) is 16.0. The molecule has 0 unspecified atom stereocenters. The molecule has 4 nitrogen and oxygen atoms in total. The van der Waals surface area contributed by atoms with Crippen LogP contribution in [0.2, 0.25) is 0 Å². The molecule has 8 heteroatoms. The number of para-hydroxylation sites is 3. The number of nitrogens with zero attached hydrogens (tertiary/aromatic N) is 3. The van der Waals surface area contributed by atoms with Gasteiger partial charge in [-0.15, -0.1) is 22.7 Å². The Kier molecular flexibility index (Phi) is 6.34. The average molecular weight is 750 g/mol. The molecule has 7 aromatic carbocycles. The van der Waals surface area contributed by atoms with E-state index < -0.39 is 0 Å². The summed E-state index contributed by atoms with van der Waals surface area (Å²) in [6.45, 7) is 0.0388. The van der Waals surface area contributed by atoms with Crippen molar-refractivity contribution >= 4 is 129 Å². The van der Waals surface area contributed by atoms with Crippen molar-refractivity contribution in [2.24, 2.45) is 0 Å². The Labute approximate surface area is 333 Å². The predicted octanol–water partition coefficient (Wildman–Crippen LogP) is 9.45. The van der Waals surface area contributed by atoms with Crippen LogP contribution in [0.25, 0.3) is 10.1 Å². The van der Waals surface area contributed by atoms with Crippen LogP contribution in [0.1, 0.15) is 0 Å². The van der Waals surface area contributed by atoms with Gasteiger partial charge in [0.15, 0.2) is 0 Å². The lowest BCUT2D eigenvalue weighted by molar-refractivity contribution is 0.488. The molecule has 4 aliphatic rings. The highest BCUT2D eigenvalue weighted by atomic mass is 32.1. The van der Waals surface area contributed by atoms with Crippen molar-refractivity contribution in [1.82, 2.24) is 0 Å². The summed E-state index contributed by atoms with van der Waals surface area (Å²) in [5, 5.41) is 6.11. The van der Waals surface area contributed by atoms with Crippen LogP contribution >= 0.6 is 22.7 Å². The Morgan fingerprint density at radius 3 is 1.75 bits per heavy atom. The number of hydrogen-bond acceptors (Lipinski definition) is 6. The molecule has 0 radical (unpaired) electrons. The van der Waals surface area contributed by atoms with E-state index in [0.717, 1.165) is 28.6 Å². The average Bonchev–Trinajstić information content (AvgIpc) is 3.89. The van der Waals surface area contributed by atoms with Crippen molar-refractivity contribution in [3.05, 3.63) is 175 Å². The van der Waals surface area contributed by atoms with Gasteiger partial charge in [0.05, 0.1) is 10.0 Å². The fraction of sp³-hybridized carbons (Fsp3) is 0. The number of benzene rings is 7. The Morgan fingerprint density at radius 1 is 0.411 bits per heavy atom. The Balaban J connectivity index is 1.11. The standard InChI is InChI=1S/C48H29B2N3OS2/c1-4-14-30(15-5-1)51-37-21-12-22-38-45(37)50(44-33-20-10-11-25-43(33)56-48(44)53(38)32-18-8-3-9-19-32)35-28-36-42(29-40(35)51)54-41-24-13-23-39-46(41)49(36)34-26-27-55-47(34)52(39)31-16-6-2-7-17-31/h1-29H. The zero-order chi connectivity index (χ0) is 36.5. The minimum Gasteiger partial charge on any atom is -0.458 e. The van der Waals surface area contributed by atoms with Gasteiger partial charge in [0.1, 0.15) is 11.5 Å². The maximum atomic E-state index is 7.09. The molecule has 0 atom stereocenters. The highest BCUT2D eigenvalue weighted by Gasteiger charge is 2.48. The lowest BCUT2D eigenvalue weighted by Crippen LogP contribution is -2.64. The third-order valence-corrected chi connectivity index (χ3v) is 14.1. The molecule has 0 fully saturated rings. The lowest BCUT2D eigenvalue weighted by atomic mass is 9.31. The van der Waals surface area contributed by atoms with Gasteiger partial charge >= 0.3 is 0 Å². The van der Waals surface area contributed by atoms with Gasteiger partial charge in [-0.25, -0.2) is 0 Å². The van der Waals surface area contributed by atoms with E-state index in [9.17, 15) is 0 Å². The van der Waals surface area contributed by atoms with Gasteiger partial charge in [0.2, 0.25) is 0 Å². The van der Waals surface area contributed by atoms with Crippen LogP contribution in [0, 0.1) is 0 Å². The molecule has 0 amide bonds. The third kappa shape index (κ3) is 4.09. The van der Waals surface area contributed by atoms with Crippen LogP contribution in [0.4, 0.5) is 49.8 Å². The molecule has 0 spiro atoms. The molecule has 0 saturated heterocycles. The Hall–Kier alpha value is -6.47. The Morgan fingerprint density at radius 2 is 1.02 bits per heavy atom. The maximum Gasteiger partial charge on any atom is 0.257 e. The van der Waals surface area contributed by atoms with E-state index in [1.165, 1.54) is 75.6 Å². The molecule has 0 N–H and O–H groups in total. The first-order valence-electron chi connectivity index (χ1n) is 19.1. The second-order valence-electron chi connectivity index (χ2n) is 14.8. The molecule has 2 aromatic heterocycles. The van der Waals surface area contributed by atoms with Gasteiger partial charge in [-0.3, -0.25) is 0 Å². The third-order valence-electron chi connectivity index (χ3n) is 12.0. The SMILES string of the molecule is c1ccc(N2c3cc4c(cc3B3c5c2cccc5N(c2ccccc2)c2sc5ccccc5c23)B2c3ccsc3N(c3ccccc3)c3cccc(c32)O4)cc1. The first-order valence-corrected chi connectivity index (χ1v) is 20.8. The fourth-order valence-corrected chi connectivity index (χ4v) is 12.1. The van der Waals surface area contributed by atoms with Crippen molar-refractivity contribution in [2.75, 3.05) is 14.7 Å². The monoisotopic (exact) mass is 749 g/mol. The van der Waals surface area contributed by atoms with E-state index in [2.05, 4.69) is 190 Å². The molecule has 13 rings (SSSR count). The van der Waals surface area contributed by atoms with E-state index in [-0.39, 0.29) is 13.4 Å². The topological polar surface area (TPSA) is 19.0 Å². The van der Waals surface area contributed by atoms with Gasteiger partial charge in [-0.1, -0.05) is 97.1 Å². The number of anilines is 9. The van der Waals surface area contributed by atoms with Crippen molar-refractivity contribution < 1.29 is 4.74 Å². The van der Waals surface area contributed by atoms with Gasteiger partial charge in [0, 0.05) is 50.6 Å². The number of ether oxygens (including phenoxy) is 1. The second kappa shape index (κ2) is 11.5. The molecule has 9 aromatic rings. The van der Waals surface area contributed by atoms with Crippen LogP contribution in [-0.4, -0.2) is 13.4 Å². The normalized spacial score (nSPS) is 14.0. The number of hydrogen-bond donors (Lipinski definition) is 0. The molecule has 0 saturated carbocycles. The van der Waals surface area contributed by atoms with Crippen LogP contribution in [0.5, 0.6) is 11.5 Å². The first kappa shape index (κ1) is 30.8. The van der Waals surface area contributed by atoms with Crippen LogP contribution < -0.4 is 52.2 Å². The molecule has 4 aliphatic heterocycles. The molecule has 6 heterocycles.